The smallest absolute Gasteiger partial charge is 0.238 e. The molecule has 2 aromatic rings. The van der Waals surface area contributed by atoms with E-state index in [2.05, 4.69) is 0 Å². The number of hydrogen-bond acceptors (Lipinski definition) is 4. The fourth-order valence-corrected chi connectivity index (χ4v) is 3.94. The largest absolute Gasteiger partial charge is 0.483 e. The van der Waals surface area contributed by atoms with Crippen LogP contribution in [0.4, 0.5) is 5.69 Å². The Labute approximate surface area is 170 Å². The van der Waals surface area contributed by atoms with Crippen molar-refractivity contribution in [2.45, 2.75) is 32.8 Å². The number of benzene rings is 2. The second-order valence-electron chi connectivity index (χ2n) is 7.65. The summed E-state index contributed by atoms with van der Waals surface area (Å²) in [6, 6.07) is 14.1. The maximum atomic E-state index is 12.7. The monoisotopic (exact) mass is 389 g/mol. The van der Waals surface area contributed by atoms with Gasteiger partial charge in [-0.25, -0.2) is 0 Å². The van der Waals surface area contributed by atoms with Gasteiger partial charge in [0.2, 0.25) is 17.6 Å². The van der Waals surface area contributed by atoms with Crippen molar-refractivity contribution in [1.82, 2.24) is 0 Å². The predicted octanol–water partition coefficient (Wildman–Crippen LogP) is 4.10. The lowest BCUT2D eigenvalue weighted by Crippen LogP contribution is -2.30. The van der Waals surface area contributed by atoms with Gasteiger partial charge in [0.15, 0.2) is 6.10 Å². The maximum absolute atomic E-state index is 12.7. The van der Waals surface area contributed by atoms with Gasteiger partial charge in [-0.1, -0.05) is 42.0 Å². The molecule has 0 radical (unpaired) electrons. The van der Waals surface area contributed by atoms with Crippen LogP contribution in [0.1, 0.15) is 35.7 Å². The minimum atomic E-state index is -0.646. The fourth-order valence-electron chi connectivity index (χ4n) is 3.94. The molecule has 3 atom stereocenters. The highest BCUT2D eigenvalue weighted by molar-refractivity contribution is 6.22. The molecule has 148 valence electrons. The molecule has 0 saturated carbocycles. The van der Waals surface area contributed by atoms with E-state index in [9.17, 15) is 14.4 Å². The van der Waals surface area contributed by atoms with Crippen LogP contribution in [0.2, 0.25) is 0 Å². The Balaban J connectivity index is 1.45. The number of aryl methyl sites for hydroxylation is 1. The van der Waals surface area contributed by atoms with Gasteiger partial charge in [-0.2, -0.15) is 0 Å². The van der Waals surface area contributed by atoms with Crippen LogP contribution in [0.3, 0.4) is 0 Å². The van der Waals surface area contributed by atoms with Crippen LogP contribution in [0.25, 0.3) is 0 Å². The fraction of sp³-hybridized carbons (Fsp3) is 0.292. The van der Waals surface area contributed by atoms with Crippen LogP contribution in [0.15, 0.2) is 60.7 Å². The lowest BCUT2D eigenvalue weighted by molar-refractivity contribution is -0.122. The number of ketones is 1. The van der Waals surface area contributed by atoms with E-state index in [0.717, 1.165) is 5.56 Å². The Hall–Kier alpha value is -3.21. The lowest BCUT2D eigenvalue weighted by Gasteiger charge is -2.17. The summed E-state index contributed by atoms with van der Waals surface area (Å²) in [5.74, 6) is -0.372. The summed E-state index contributed by atoms with van der Waals surface area (Å²) in [5, 5.41) is 0. The predicted molar refractivity (Wildman–Crippen MR) is 110 cm³/mol. The van der Waals surface area contributed by atoms with Gasteiger partial charge in [0, 0.05) is 5.56 Å². The number of rotatable bonds is 5. The van der Waals surface area contributed by atoms with E-state index in [1.165, 1.54) is 4.90 Å². The SMILES string of the molecule is Cc1ccc(C(=O)C(C)Oc2ccc(N3C(=O)C4CC=CCC4C3=O)cc2)cc1. The highest BCUT2D eigenvalue weighted by Gasteiger charge is 2.47. The van der Waals surface area contributed by atoms with E-state index in [1.54, 1.807) is 43.3 Å². The molecule has 29 heavy (non-hydrogen) atoms. The van der Waals surface area contributed by atoms with Crippen LogP contribution in [-0.4, -0.2) is 23.7 Å². The minimum Gasteiger partial charge on any atom is -0.483 e. The number of anilines is 1. The number of hydrogen-bond donors (Lipinski definition) is 0. The van der Waals surface area contributed by atoms with Crippen molar-refractivity contribution in [3.05, 3.63) is 71.8 Å². The molecule has 0 aromatic heterocycles. The number of carbonyl (C=O) groups is 3. The molecule has 1 fully saturated rings. The van der Waals surface area contributed by atoms with Gasteiger partial charge in [0.1, 0.15) is 5.75 Å². The van der Waals surface area contributed by atoms with Crippen LogP contribution in [0.5, 0.6) is 5.75 Å². The second-order valence-corrected chi connectivity index (χ2v) is 7.65. The average molecular weight is 389 g/mol. The molecular weight excluding hydrogens is 366 g/mol. The first-order valence-corrected chi connectivity index (χ1v) is 9.86. The van der Waals surface area contributed by atoms with Gasteiger partial charge in [0.25, 0.3) is 0 Å². The van der Waals surface area contributed by atoms with Gasteiger partial charge >= 0.3 is 0 Å². The van der Waals surface area contributed by atoms with Gasteiger partial charge in [-0.05, 0) is 51.0 Å². The van der Waals surface area contributed by atoms with Gasteiger partial charge in [-0.3, -0.25) is 19.3 Å². The molecule has 5 heteroatoms. The molecule has 0 spiro atoms. The molecule has 2 aliphatic rings. The summed E-state index contributed by atoms with van der Waals surface area (Å²) in [5.41, 5.74) is 2.23. The van der Waals surface area contributed by atoms with Crippen molar-refractivity contribution in [2.75, 3.05) is 4.90 Å². The van der Waals surface area contributed by atoms with Crippen LogP contribution in [0, 0.1) is 18.8 Å². The first-order valence-electron chi connectivity index (χ1n) is 9.86. The van der Waals surface area contributed by atoms with Crippen molar-refractivity contribution in [2.24, 2.45) is 11.8 Å². The van der Waals surface area contributed by atoms with Crippen molar-refractivity contribution in [3.63, 3.8) is 0 Å². The van der Waals surface area contributed by atoms with Gasteiger partial charge in [-0.15, -0.1) is 0 Å². The van der Waals surface area contributed by atoms with E-state index in [4.69, 9.17) is 4.74 Å². The zero-order valence-corrected chi connectivity index (χ0v) is 16.5. The summed E-state index contributed by atoms with van der Waals surface area (Å²) in [6.45, 7) is 3.68. The van der Waals surface area contributed by atoms with E-state index in [0.29, 0.717) is 29.8 Å². The topological polar surface area (TPSA) is 63.7 Å². The highest BCUT2D eigenvalue weighted by atomic mass is 16.5. The van der Waals surface area contributed by atoms with E-state index >= 15 is 0 Å². The molecule has 1 saturated heterocycles. The molecule has 2 amide bonds. The molecule has 3 unspecified atom stereocenters. The number of fused-ring (bicyclic) bond motifs is 1. The number of allylic oxidation sites excluding steroid dienone is 2. The van der Waals surface area contributed by atoms with Crippen LogP contribution < -0.4 is 9.64 Å². The van der Waals surface area contributed by atoms with Gasteiger partial charge in [0.05, 0.1) is 17.5 Å². The summed E-state index contributed by atoms with van der Waals surface area (Å²) in [7, 11) is 0. The molecule has 0 N–H and O–H groups in total. The van der Waals surface area contributed by atoms with E-state index < -0.39 is 6.10 Å². The summed E-state index contributed by atoms with van der Waals surface area (Å²) in [4.78, 5) is 39.2. The molecule has 5 nitrogen and oxygen atoms in total. The summed E-state index contributed by atoms with van der Waals surface area (Å²) in [6.07, 6.45) is 4.53. The molecule has 1 aliphatic heterocycles. The number of imide groups is 1. The Morgan fingerprint density at radius 1 is 0.931 bits per heavy atom. The van der Waals surface area contributed by atoms with Crippen molar-refractivity contribution in [1.29, 1.82) is 0 Å². The third kappa shape index (κ3) is 3.60. The second kappa shape index (κ2) is 7.66. The summed E-state index contributed by atoms with van der Waals surface area (Å²) < 4.78 is 5.78. The standard InChI is InChI=1S/C24H23NO4/c1-15-7-9-17(10-8-15)22(26)16(2)29-19-13-11-18(12-14-19)25-23(27)20-5-3-4-6-21(20)24(25)28/h3-4,7-14,16,20-21H,5-6H2,1-2H3. The van der Waals surface area contributed by atoms with Crippen molar-refractivity contribution >= 4 is 23.3 Å². The van der Waals surface area contributed by atoms with Gasteiger partial charge < -0.3 is 4.74 Å². The zero-order chi connectivity index (χ0) is 20.5. The number of nitrogens with zero attached hydrogens (tertiary/aromatic N) is 1. The third-order valence-corrected chi connectivity index (χ3v) is 5.62. The van der Waals surface area contributed by atoms with Crippen molar-refractivity contribution < 1.29 is 19.1 Å². The average Bonchev–Trinajstić information content (AvgIpc) is 2.99. The van der Waals surface area contributed by atoms with Crippen LogP contribution >= 0.6 is 0 Å². The zero-order valence-electron chi connectivity index (χ0n) is 16.5. The highest BCUT2D eigenvalue weighted by Crippen LogP contribution is 2.38. The number of Topliss-reactive ketones (excluding diaryl/α,β-unsaturated/α-hetero) is 1. The minimum absolute atomic E-state index is 0.101. The van der Waals surface area contributed by atoms with E-state index in [1.807, 2.05) is 31.2 Å². The number of ether oxygens (including phenoxy) is 1. The molecule has 1 aliphatic carbocycles. The molecule has 1 heterocycles. The van der Waals surface area contributed by atoms with Crippen LogP contribution in [-0.2, 0) is 9.59 Å². The lowest BCUT2D eigenvalue weighted by atomic mass is 9.85. The number of carbonyl (C=O) groups excluding carboxylic acids is 3. The Morgan fingerprint density at radius 2 is 1.48 bits per heavy atom. The molecule has 4 rings (SSSR count). The normalized spacial score (nSPS) is 21.8. The third-order valence-electron chi connectivity index (χ3n) is 5.62. The Morgan fingerprint density at radius 3 is 2.03 bits per heavy atom. The first-order chi connectivity index (χ1) is 14.0. The Kier molecular flexibility index (Phi) is 5.05. The summed E-state index contributed by atoms with van der Waals surface area (Å²) >= 11 is 0. The Bertz CT molecular complexity index is 949. The van der Waals surface area contributed by atoms with E-state index in [-0.39, 0.29) is 29.4 Å². The quantitative estimate of drug-likeness (QED) is 0.439. The first kappa shape index (κ1) is 19.1. The van der Waals surface area contributed by atoms with Crippen molar-refractivity contribution in [3.8, 4) is 5.75 Å². The molecular formula is C24H23NO4. The molecule has 0 bridgehead atoms. The number of amides is 2. The maximum Gasteiger partial charge on any atom is 0.238 e. The molecule has 2 aromatic carbocycles.